The minimum Gasteiger partial charge on any atom is -0.382 e. The van der Waals surface area contributed by atoms with Gasteiger partial charge in [0.2, 0.25) is 0 Å². The zero-order chi connectivity index (χ0) is 8.84. The Labute approximate surface area is 76.5 Å². The van der Waals surface area contributed by atoms with Gasteiger partial charge in [-0.3, -0.25) is 5.10 Å². The summed E-state index contributed by atoms with van der Waals surface area (Å²) in [5.74, 6) is 1.08. The molecular weight excluding hydrogens is 166 g/mol. The molecule has 2 fully saturated rings. The van der Waals surface area contributed by atoms with E-state index in [2.05, 4.69) is 10.2 Å². The second-order valence-electron chi connectivity index (χ2n) is 3.96. The van der Waals surface area contributed by atoms with Crippen LogP contribution in [0.2, 0.25) is 0 Å². The van der Waals surface area contributed by atoms with Gasteiger partial charge >= 0.3 is 0 Å². The van der Waals surface area contributed by atoms with Crippen LogP contribution in [0, 0.1) is 0 Å². The molecule has 3 N–H and O–H groups in total. The zero-order valence-corrected chi connectivity index (χ0v) is 7.36. The van der Waals surface area contributed by atoms with Crippen molar-refractivity contribution >= 4 is 5.82 Å². The third kappa shape index (κ3) is 1.05. The van der Waals surface area contributed by atoms with E-state index in [1.54, 1.807) is 0 Å². The summed E-state index contributed by atoms with van der Waals surface area (Å²) in [6.07, 6.45) is 4.44. The summed E-state index contributed by atoms with van der Waals surface area (Å²) in [6, 6.07) is 1.93. The largest absolute Gasteiger partial charge is 0.382 e. The molecule has 0 amide bonds. The Balaban J connectivity index is 1.87. The Morgan fingerprint density at radius 2 is 2.46 bits per heavy atom. The Bertz CT molecular complexity index is 322. The van der Waals surface area contributed by atoms with Crippen LogP contribution in [0.4, 0.5) is 5.82 Å². The number of nitrogen functional groups attached to an aromatic ring is 1. The smallest absolute Gasteiger partial charge is 0.145 e. The van der Waals surface area contributed by atoms with Crippen LogP contribution < -0.4 is 5.73 Å². The number of nitrogens with zero attached hydrogens (tertiary/aromatic N) is 1. The highest BCUT2D eigenvalue weighted by Crippen LogP contribution is 2.43. The molecule has 0 spiro atoms. The van der Waals surface area contributed by atoms with Gasteiger partial charge in [-0.2, -0.15) is 5.10 Å². The normalized spacial score (nSPS) is 37.1. The van der Waals surface area contributed by atoms with Gasteiger partial charge in [0.25, 0.3) is 0 Å². The standard InChI is InChI=1S/C9H13N3O/c10-9-4-7(11-12-9)6-3-5-1-2-8(6)13-5/h4-6,8H,1-3H2,(H3,10,11,12)/t5-,6?,8+/m0/s1. The van der Waals surface area contributed by atoms with Crippen LogP contribution in [-0.2, 0) is 4.74 Å². The number of H-pyrrole nitrogens is 1. The zero-order valence-electron chi connectivity index (χ0n) is 7.36. The Morgan fingerprint density at radius 3 is 3.00 bits per heavy atom. The van der Waals surface area contributed by atoms with Crippen LogP contribution >= 0.6 is 0 Å². The predicted molar refractivity (Wildman–Crippen MR) is 48.3 cm³/mol. The van der Waals surface area contributed by atoms with Gasteiger partial charge in [-0.1, -0.05) is 0 Å². The Hall–Kier alpha value is -1.03. The van der Waals surface area contributed by atoms with Crippen molar-refractivity contribution in [2.45, 2.75) is 37.4 Å². The van der Waals surface area contributed by atoms with E-state index < -0.39 is 0 Å². The lowest BCUT2D eigenvalue weighted by atomic mass is 9.87. The molecule has 3 atom stereocenters. The maximum absolute atomic E-state index is 5.76. The molecule has 2 aliphatic rings. The molecular formula is C9H13N3O. The number of hydrogen-bond acceptors (Lipinski definition) is 3. The summed E-state index contributed by atoms with van der Waals surface area (Å²) in [4.78, 5) is 0. The highest BCUT2D eigenvalue weighted by Gasteiger charge is 2.42. The Kier molecular flexibility index (Phi) is 1.41. The van der Waals surface area contributed by atoms with Crippen molar-refractivity contribution in [3.05, 3.63) is 11.8 Å². The van der Waals surface area contributed by atoms with Gasteiger partial charge in [-0.05, 0) is 19.3 Å². The molecule has 70 valence electrons. The maximum atomic E-state index is 5.76. The molecule has 3 heterocycles. The van der Waals surface area contributed by atoms with E-state index in [1.165, 1.54) is 12.8 Å². The SMILES string of the molecule is Nc1cc(C2C[C@@H]3CC[C@H]2O3)[nH]n1. The van der Waals surface area contributed by atoms with Crippen LogP contribution in [0.25, 0.3) is 0 Å². The summed E-state index contributed by atoms with van der Waals surface area (Å²) >= 11 is 0. The summed E-state index contributed by atoms with van der Waals surface area (Å²) < 4.78 is 5.76. The molecule has 13 heavy (non-hydrogen) atoms. The fourth-order valence-corrected chi connectivity index (χ4v) is 2.51. The second kappa shape index (κ2) is 2.48. The summed E-state index contributed by atoms with van der Waals surface area (Å²) in [7, 11) is 0. The third-order valence-electron chi connectivity index (χ3n) is 3.12. The number of nitrogens with one attached hydrogen (secondary N) is 1. The second-order valence-corrected chi connectivity index (χ2v) is 3.96. The van der Waals surface area contributed by atoms with Crippen molar-refractivity contribution in [1.29, 1.82) is 0 Å². The monoisotopic (exact) mass is 179 g/mol. The molecule has 1 aromatic rings. The molecule has 0 radical (unpaired) electrons. The molecule has 2 saturated heterocycles. The van der Waals surface area contributed by atoms with E-state index >= 15 is 0 Å². The molecule has 4 nitrogen and oxygen atoms in total. The van der Waals surface area contributed by atoms with Crippen molar-refractivity contribution in [3.8, 4) is 0 Å². The van der Waals surface area contributed by atoms with Gasteiger partial charge in [-0.15, -0.1) is 0 Å². The van der Waals surface area contributed by atoms with Crippen LogP contribution in [-0.4, -0.2) is 22.4 Å². The lowest BCUT2D eigenvalue weighted by Crippen LogP contribution is -2.14. The number of rotatable bonds is 1. The van der Waals surface area contributed by atoms with Crippen molar-refractivity contribution in [2.24, 2.45) is 0 Å². The Morgan fingerprint density at radius 1 is 1.54 bits per heavy atom. The van der Waals surface area contributed by atoms with Crippen molar-refractivity contribution in [1.82, 2.24) is 10.2 Å². The lowest BCUT2D eigenvalue weighted by Gasteiger charge is -2.15. The van der Waals surface area contributed by atoms with E-state index in [9.17, 15) is 0 Å². The number of fused-ring (bicyclic) bond motifs is 2. The maximum Gasteiger partial charge on any atom is 0.145 e. The minimum absolute atomic E-state index is 0.407. The third-order valence-corrected chi connectivity index (χ3v) is 3.12. The van der Waals surface area contributed by atoms with Crippen LogP contribution in [0.15, 0.2) is 6.07 Å². The highest BCUT2D eigenvalue weighted by molar-refractivity contribution is 5.31. The van der Waals surface area contributed by atoms with E-state index in [1.807, 2.05) is 6.07 Å². The molecule has 0 aliphatic carbocycles. The number of aromatic amines is 1. The number of ether oxygens (including phenoxy) is 1. The molecule has 0 aromatic carbocycles. The van der Waals surface area contributed by atoms with E-state index in [0.29, 0.717) is 23.9 Å². The van der Waals surface area contributed by atoms with Gasteiger partial charge < -0.3 is 10.5 Å². The van der Waals surface area contributed by atoms with E-state index in [0.717, 1.165) is 12.1 Å². The van der Waals surface area contributed by atoms with Gasteiger partial charge in [0.1, 0.15) is 5.82 Å². The van der Waals surface area contributed by atoms with Crippen LogP contribution in [0.3, 0.4) is 0 Å². The quantitative estimate of drug-likeness (QED) is 0.676. The fraction of sp³-hybridized carbons (Fsp3) is 0.667. The predicted octanol–water partition coefficient (Wildman–Crippen LogP) is 1.03. The fourth-order valence-electron chi connectivity index (χ4n) is 2.51. The number of hydrogen-bond donors (Lipinski definition) is 2. The van der Waals surface area contributed by atoms with E-state index in [4.69, 9.17) is 10.5 Å². The summed E-state index contributed by atoms with van der Waals surface area (Å²) in [6.45, 7) is 0. The first kappa shape index (κ1) is 7.38. The highest BCUT2D eigenvalue weighted by atomic mass is 16.5. The first-order valence-corrected chi connectivity index (χ1v) is 4.79. The first-order chi connectivity index (χ1) is 6.33. The minimum atomic E-state index is 0.407. The van der Waals surface area contributed by atoms with Crippen molar-refractivity contribution < 1.29 is 4.74 Å². The van der Waals surface area contributed by atoms with Crippen molar-refractivity contribution in [3.63, 3.8) is 0 Å². The van der Waals surface area contributed by atoms with Crippen LogP contribution in [0.5, 0.6) is 0 Å². The number of nitrogens with two attached hydrogens (primary N) is 1. The number of anilines is 1. The molecule has 1 aromatic heterocycles. The average Bonchev–Trinajstić information content (AvgIpc) is 2.77. The summed E-state index contributed by atoms with van der Waals surface area (Å²) in [5.41, 5.74) is 6.70. The molecule has 0 saturated carbocycles. The molecule has 2 bridgehead atoms. The first-order valence-electron chi connectivity index (χ1n) is 4.79. The molecule has 1 unspecified atom stereocenters. The number of aromatic nitrogens is 2. The van der Waals surface area contributed by atoms with E-state index in [-0.39, 0.29) is 0 Å². The van der Waals surface area contributed by atoms with Gasteiger partial charge in [0.15, 0.2) is 0 Å². The summed E-state index contributed by atoms with van der Waals surface area (Å²) in [5, 5.41) is 6.92. The van der Waals surface area contributed by atoms with Crippen LogP contribution in [0.1, 0.15) is 30.9 Å². The molecule has 4 heteroatoms. The van der Waals surface area contributed by atoms with Crippen molar-refractivity contribution in [2.75, 3.05) is 5.73 Å². The topological polar surface area (TPSA) is 63.9 Å². The van der Waals surface area contributed by atoms with Gasteiger partial charge in [0, 0.05) is 17.7 Å². The lowest BCUT2D eigenvalue weighted by molar-refractivity contribution is 0.100. The van der Waals surface area contributed by atoms with Gasteiger partial charge in [0.05, 0.1) is 12.2 Å². The molecule has 2 aliphatic heterocycles. The molecule has 3 rings (SSSR count). The average molecular weight is 179 g/mol. The van der Waals surface area contributed by atoms with Gasteiger partial charge in [-0.25, -0.2) is 0 Å².